The molecule has 14 heavy (non-hydrogen) atoms. The minimum Gasteiger partial charge on any atom is -0.374 e. The fourth-order valence-electron chi connectivity index (χ4n) is 1.38. The van der Waals surface area contributed by atoms with Gasteiger partial charge in [-0.2, -0.15) is 0 Å². The number of hydrogen-bond donors (Lipinski definition) is 1. The Balaban J connectivity index is 1.95. The molecule has 0 bridgehead atoms. The van der Waals surface area contributed by atoms with Crippen LogP contribution in [0.2, 0.25) is 0 Å². The van der Waals surface area contributed by atoms with Crippen LogP contribution in [0, 0.1) is 0 Å². The molecule has 0 aromatic carbocycles. The van der Waals surface area contributed by atoms with Crippen LogP contribution in [0.15, 0.2) is 12.2 Å². The highest BCUT2D eigenvalue weighted by Gasteiger charge is 2.20. The lowest BCUT2D eigenvalue weighted by Crippen LogP contribution is -2.22. The minimum absolute atomic E-state index is 0.373. The summed E-state index contributed by atoms with van der Waals surface area (Å²) in [5.41, 5.74) is 1.17. The van der Waals surface area contributed by atoms with Crippen molar-refractivity contribution in [2.24, 2.45) is 0 Å². The molecule has 0 aromatic rings. The van der Waals surface area contributed by atoms with Crippen molar-refractivity contribution in [3.63, 3.8) is 0 Å². The third-order valence-electron chi connectivity index (χ3n) is 2.49. The van der Waals surface area contributed by atoms with E-state index in [1.54, 1.807) is 0 Å². The predicted molar refractivity (Wildman–Crippen MR) is 60.5 cm³/mol. The second-order valence-corrected chi connectivity index (χ2v) is 4.32. The number of hydrogen-bond acceptors (Lipinski definition) is 2. The lowest BCUT2D eigenvalue weighted by Gasteiger charge is -2.13. The van der Waals surface area contributed by atoms with Gasteiger partial charge in [-0.15, -0.1) is 0 Å². The summed E-state index contributed by atoms with van der Waals surface area (Å²) in [5, 5.41) is 3.43. The van der Waals surface area contributed by atoms with Gasteiger partial charge < -0.3 is 10.1 Å². The molecule has 1 aliphatic rings. The Labute approximate surface area is 87.7 Å². The van der Waals surface area contributed by atoms with Gasteiger partial charge in [-0.3, -0.25) is 0 Å². The summed E-state index contributed by atoms with van der Waals surface area (Å²) in [4.78, 5) is 0. The quantitative estimate of drug-likeness (QED) is 0.604. The maximum atomic E-state index is 5.66. The van der Waals surface area contributed by atoms with Crippen molar-refractivity contribution >= 4 is 0 Å². The van der Waals surface area contributed by atoms with Crippen LogP contribution >= 0.6 is 0 Å². The van der Waals surface area contributed by atoms with E-state index in [1.807, 2.05) is 0 Å². The maximum Gasteiger partial charge on any atom is 0.0690 e. The molecule has 1 atom stereocenters. The average molecular weight is 197 g/mol. The number of nitrogens with one attached hydrogen (secondary N) is 1. The molecular weight excluding hydrogens is 174 g/mol. The summed E-state index contributed by atoms with van der Waals surface area (Å²) < 4.78 is 5.66. The molecule has 0 amide bonds. The molecular formula is C12H23NO. The number of ether oxygens (including phenoxy) is 1. The van der Waals surface area contributed by atoms with E-state index in [4.69, 9.17) is 4.74 Å². The van der Waals surface area contributed by atoms with Gasteiger partial charge in [-0.25, -0.2) is 0 Å². The summed E-state index contributed by atoms with van der Waals surface area (Å²) in [7, 11) is 0. The molecule has 0 aliphatic heterocycles. The topological polar surface area (TPSA) is 21.3 Å². The first-order valence-corrected chi connectivity index (χ1v) is 5.74. The normalized spacial score (nSPS) is 18.1. The second kappa shape index (κ2) is 6.20. The first kappa shape index (κ1) is 11.7. The van der Waals surface area contributed by atoms with Gasteiger partial charge in [0.2, 0.25) is 0 Å². The molecule has 82 valence electrons. The second-order valence-electron chi connectivity index (χ2n) is 4.32. The molecule has 1 aliphatic carbocycles. The maximum absolute atomic E-state index is 5.66. The Morgan fingerprint density at radius 3 is 2.86 bits per heavy atom. The van der Waals surface area contributed by atoms with Gasteiger partial charge in [0.25, 0.3) is 0 Å². The van der Waals surface area contributed by atoms with Crippen LogP contribution < -0.4 is 5.32 Å². The van der Waals surface area contributed by atoms with E-state index in [9.17, 15) is 0 Å². The Kier molecular flexibility index (Phi) is 5.20. The van der Waals surface area contributed by atoms with E-state index in [0.717, 1.165) is 19.0 Å². The summed E-state index contributed by atoms with van der Waals surface area (Å²) in [6, 6.07) is 0.764. The summed E-state index contributed by atoms with van der Waals surface area (Å²) in [6.45, 7) is 9.94. The molecule has 0 heterocycles. The molecule has 0 spiro atoms. The largest absolute Gasteiger partial charge is 0.374 e. The average Bonchev–Trinajstić information content (AvgIpc) is 2.95. The van der Waals surface area contributed by atoms with Crippen molar-refractivity contribution in [2.45, 2.75) is 51.7 Å². The molecule has 2 heteroatoms. The first-order valence-electron chi connectivity index (χ1n) is 5.74. The molecule has 0 saturated heterocycles. The zero-order valence-electron chi connectivity index (χ0n) is 9.51. The van der Waals surface area contributed by atoms with Crippen molar-refractivity contribution in [2.75, 3.05) is 13.2 Å². The van der Waals surface area contributed by atoms with E-state index >= 15 is 0 Å². The van der Waals surface area contributed by atoms with E-state index in [1.165, 1.54) is 24.8 Å². The lowest BCUT2D eigenvalue weighted by atomic mass is 10.2. The van der Waals surface area contributed by atoms with Gasteiger partial charge in [0, 0.05) is 12.6 Å². The van der Waals surface area contributed by atoms with Crippen LogP contribution in [-0.2, 0) is 4.74 Å². The van der Waals surface area contributed by atoms with Crippen LogP contribution in [0.1, 0.15) is 39.5 Å². The van der Waals surface area contributed by atoms with Gasteiger partial charge in [0.05, 0.1) is 12.7 Å². The zero-order valence-corrected chi connectivity index (χ0v) is 9.51. The zero-order chi connectivity index (χ0) is 10.4. The third-order valence-corrected chi connectivity index (χ3v) is 2.49. The molecule has 1 N–H and O–H groups in total. The highest BCUT2D eigenvalue weighted by Crippen LogP contribution is 2.18. The molecule has 1 unspecified atom stereocenters. The lowest BCUT2D eigenvalue weighted by molar-refractivity contribution is 0.0759. The van der Waals surface area contributed by atoms with E-state index in [0.29, 0.717) is 12.7 Å². The van der Waals surface area contributed by atoms with Crippen molar-refractivity contribution in [3.8, 4) is 0 Å². The Bertz CT molecular complexity index is 175. The van der Waals surface area contributed by atoms with Crippen LogP contribution in [0.3, 0.4) is 0 Å². The van der Waals surface area contributed by atoms with Gasteiger partial charge in [-0.05, 0) is 31.8 Å². The van der Waals surface area contributed by atoms with Crippen molar-refractivity contribution in [3.05, 3.63) is 12.2 Å². The first-order chi connectivity index (χ1) is 6.72. The van der Waals surface area contributed by atoms with E-state index in [2.05, 4.69) is 25.7 Å². The molecule has 0 radical (unpaired) electrons. The molecule has 0 aromatic heterocycles. The van der Waals surface area contributed by atoms with Gasteiger partial charge in [0.15, 0.2) is 0 Å². The molecule has 1 fully saturated rings. The van der Waals surface area contributed by atoms with Crippen molar-refractivity contribution in [1.82, 2.24) is 5.32 Å². The van der Waals surface area contributed by atoms with Crippen LogP contribution in [-0.4, -0.2) is 25.3 Å². The Morgan fingerprint density at radius 1 is 1.57 bits per heavy atom. The molecule has 2 nitrogen and oxygen atoms in total. The van der Waals surface area contributed by atoms with Gasteiger partial charge in [0.1, 0.15) is 0 Å². The predicted octanol–water partition coefficient (Wildman–Crippen LogP) is 2.50. The Morgan fingerprint density at radius 2 is 2.29 bits per heavy atom. The Hall–Kier alpha value is -0.340. The monoisotopic (exact) mass is 197 g/mol. The van der Waals surface area contributed by atoms with Crippen LogP contribution in [0.4, 0.5) is 0 Å². The highest BCUT2D eigenvalue weighted by atomic mass is 16.5. The van der Waals surface area contributed by atoms with E-state index < -0.39 is 0 Å². The van der Waals surface area contributed by atoms with Crippen molar-refractivity contribution < 1.29 is 4.74 Å². The third kappa shape index (κ3) is 5.40. The van der Waals surface area contributed by atoms with Gasteiger partial charge in [-0.1, -0.05) is 19.9 Å². The fourth-order valence-corrected chi connectivity index (χ4v) is 1.38. The summed E-state index contributed by atoms with van der Waals surface area (Å²) >= 11 is 0. The van der Waals surface area contributed by atoms with Crippen molar-refractivity contribution in [1.29, 1.82) is 0 Å². The number of rotatable bonds is 8. The fraction of sp³-hybridized carbons (Fsp3) is 0.833. The smallest absolute Gasteiger partial charge is 0.0690 e. The standard InChI is InChI=1S/C12H23NO/c1-4-5-11(3)14-9-10(2)8-13-12-6-7-12/h11-13H,2,4-9H2,1,3H3. The highest BCUT2D eigenvalue weighted by molar-refractivity contribution is 4.99. The van der Waals surface area contributed by atoms with E-state index in [-0.39, 0.29) is 0 Å². The van der Waals surface area contributed by atoms with Crippen LogP contribution in [0.5, 0.6) is 0 Å². The summed E-state index contributed by atoms with van der Waals surface area (Å²) in [6.07, 6.45) is 5.37. The van der Waals surface area contributed by atoms with Gasteiger partial charge >= 0.3 is 0 Å². The minimum atomic E-state index is 0.373. The molecule has 1 rings (SSSR count). The SMILES string of the molecule is C=C(CNC1CC1)COC(C)CCC. The molecule has 1 saturated carbocycles. The summed E-state index contributed by atoms with van der Waals surface area (Å²) in [5.74, 6) is 0. The van der Waals surface area contributed by atoms with Crippen LogP contribution in [0.25, 0.3) is 0 Å².